The highest BCUT2D eigenvalue weighted by atomic mass is 16.5. The summed E-state index contributed by atoms with van der Waals surface area (Å²) in [4.78, 5) is 15.0. The Kier molecular flexibility index (Phi) is 6.11. The Bertz CT molecular complexity index is 1160. The lowest BCUT2D eigenvalue weighted by Gasteiger charge is -2.35. The fourth-order valence-corrected chi connectivity index (χ4v) is 5.08. The summed E-state index contributed by atoms with van der Waals surface area (Å²) in [6.07, 6.45) is 5.76. The van der Waals surface area contributed by atoms with E-state index in [0.29, 0.717) is 23.7 Å². The molecule has 2 heterocycles. The van der Waals surface area contributed by atoms with E-state index in [0.717, 1.165) is 24.1 Å². The zero-order valence-corrected chi connectivity index (χ0v) is 19.1. The average molecular weight is 442 g/mol. The third kappa shape index (κ3) is 3.52. The Morgan fingerprint density at radius 3 is 2.58 bits per heavy atom. The minimum Gasteiger partial charge on any atom is -0.493 e. The van der Waals surface area contributed by atoms with Gasteiger partial charge in [-0.1, -0.05) is 49.8 Å². The second kappa shape index (κ2) is 9.00. The van der Waals surface area contributed by atoms with Crippen molar-refractivity contribution >= 4 is 17.5 Å². The number of benzene rings is 2. The van der Waals surface area contributed by atoms with Crippen molar-refractivity contribution in [2.45, 2.75) is 44.7 Å². The number of Topliss-reactive ketones (excluding diaryl/α,β-unsaturated/α-hetero) is 1. The normalized spacial score (nSPS) is 22.0. The highest BCUT2D eigenvalue weighted by molar-refractivity contribution is 5.91. The predicted molar refractivity (Wildman–Crippen MR) is 126 cm³/mol. The van der Waals surface area contributed by atoms with Crippen LogP contribution in [0.3, 0.4) is 0 Å². The molecule has 33 heavy (non-hydrogen) atoms. The lowest BCUT2D eigenvalue weighted by Crippen LogP contribution is -2.43. The van der Waals surface area contributed by atoms with Crippen LogP contribution in [0, 0.1) is 28.1 Å². The van der Waals surface area contributed by atoms with E-state index in [2.05, 4.69) is 19.1 Å². The van der Waals surface area contributed by atoms with Crippen molar-refractivity contribution in [1.82, 2.24) is 0 Å². The number of unbranched alkanes of at least 4 members (excludes halogenated alkanes) is 1. The molecule has 1 saturated heterocycles. The third-order valence-corrected chi connectivity index (χ3v) is 6.63. The van der Waals surface area contributed by atoms with E-state index in [4.69, 9.17) is 9.47 Å². The second-order valence-electron chi connectivity index (χ2n) is 8.51. The van der Waals surface area contributed by atoms with Crippen LogP contribution in [0.2, 0.25) is 0 Å². The molecule has 0 spiro atoms. The minimum absolute atomic E-state index is 0.0929. The lowest BCUT2D eigenvalue weighted by molar-refractivity contribution is -0.118. The maximum Gasteiger partial charge on any atom is 0.176 e. The molecule has 0 radical (unpaired) electrons. The van der Waals surface area contributed by atoms with Crippen molar-refractivity contribution in [3.8, 4) is 23.6 Å². The highest BCUT2D eigenvalue weighted by Gasteiger charge is 2.62. The van der Waals surface area contributed by atoms with E-state index in [1.54, 1.807) is 13.2 Å². The van der Waals surface area contributed by atoms with Crippen molar-refractivity contribution < 1.29 is 14.3 Å². The van der Waals surface area contributed by atoms with Crippen LogP contribution in [0.5, 0.6) is 11.5 Å². The molecule has 2 aliphatic heterocycles. The van der Waals surface area contributed by atoms with Crippen molar-refractivity contribution in [2.24, 2.45) is 5.41 Å². The number of nitrogens with zero attached hydrogens (tertiary/aromatic N) is 3. The van der Waals surface area contributed by atoms with Gasteiger partial charge in [0.2, 0.25) is 0 Å². The van der Waals surface area contributed by atoms with E-state index in [9.17, 15) is 15.3 Å². The van der Waals surface area contributed by atoms with Crippen LogP contribution in [-0.4, -0.2) is 31.6 Å². The molecule has 4 rings (SSSR count). The first-order valence-electron chi connectivity index (χ1n) is 11.2. The van der Waals surface area contributed by atoms with Gasteiger partial charge in [0, 0.05) is 11.6 Å². The Hall–Kier alpha value is -3.77. The number of ketones is 1. The summed E-state index contributed by atoms with van der Waals surface area (Å²) in [5.74, 6) is 0.375. The van der Waals surface area contributed by atoms with Gasteiger partial charge in [0.15, 0.2) is 22.7 Å². The molecule has 0 aromatic heterocycles. The summed E-state index contributed by atoms with van der Waals surface area (Å²) in [6, 6.07) is 16.6. The van der Waals surface area contributed by atoms with Crippen LogP contribution in [-0.2, 0) is 4.79 Å². The number of ether oxygens (including phenoxy) is 2. The van der Waals surface area contributed by atoms with E-state index in [1.807, 2.05) is 53.5 Å². The molecular weight excluding hydrogens is 414 g/mol. The molecular formula is C27H27N3O3. The van der Waals surface area contributed by atoms with Gasteiger partial charge in [-0.05, 0) is 42.7 Å². The maximum absolute atomic E-state index is 13.1. The van der Waals surface area contributed by atoms with E-state index < -0.39 is 23.4 Å². The van der Waals surface area contributed by atoms with E-state index in [-0.39, 0.29) is 5.78 Å². The second-order valence-corrected chi connectivity index (χ2v) is 8.51. The molecule has 2 aliphatic rings. The van der Waals surface area contributed by atoms with Crippen molar-refractivity contribution in [3.63, 3.8) is 0 Å². The summed E-state index contributed by atoms with van der Waals surface area (Å²) in [5, 5.41) is 20.7. The van der Waals surface area contributed by atoms with E-state index >= 15 is 0 Å². The Balaban J connectivity index is 1.87. The molecule has 0 N–H and O–H groups in total. The lowest BCUT2D eigenvalue weighted by atomic mass is 9.69. The summed E-state index contributed by atoms with van der Waals surface area (Å²) < 4.78 is 11.4. The smallest absolute Gasteiger partial charge is 0.176 e. The Morgan fingerprint density at radius 2 is 1.91 bits per heavy atom. The number of para-hydroxylation sites is 1. The van der Waals surface area contributed by atoms with Crippen LogP contribution < -0.4 is 14.4 Å². The van der Waals surface area contributed by atoms with Crippen LogP contribution in [0.25, 0.3) is 6.08 Å². The fraction of sp³-hybridized carbons (Fsp3) is 0.370. The summed E-state index contributed by atoms with van der Waals surface area (Å²) >= 11 is 0. The van der Waals surface area contributed by atoms with Gasteiger partial charge >= 0.3 is 0 Å². The number of fused-ring (bicyclic) bond motifs is 3. The Morgan fingerprint density at radius 1 is 1.15 bits per heavy atom. The number of nitriles is 2. The van der Waals surface area contributed by atoms with Gasteiger partial charge in [-0.15, -0.1) is 0 Å². The van der Waals surface area contributed by atoms with Crippen molar-refractivity contribution in [2.75, 3.05) is 18.6 Å². The molecule has 6 heteroatoms. The van der Waals surface area contributed by atoms with Gasteiger partial charge in [-0.25, -0.2) is 0 Å². The highest BCUT2D eigenvalue weighted by Crippen LogP contribution is 2.55. The number of carbonyl (C=O) groups is 1. The van der Waals surface area contributed by atoms with Gasteiger partial charge in [0.1, 0.15) is 0 Å². The van der Waals surface area contributed by atoms with Crippen molar-refractivity contribution in [3.05, 3.63) is 59.7 Å². The van der Waals surface area contributed by atoms with Crippen LogP contribution >= 0.6 is 0 Å². The quantitative estimate of drug-likeness (QED) is 0.570. The molecule has 0 amide bonds. The monoisotopic (exact) mass is 441 g/mol. The summed E-state index contributed by atoms with van der Waals surface area (Å²) in [6.45, 7) is 4.19. The first kappa shape index (κ1) is 22.4. The predicted octanol–water partition coefficient (Wildman–Crippen LogP) is 4.86. The van der Waals surface area contributed by atoms with Crippen LogP contribution in [0.4, 0.5) is 5.69 Å². The molecule has 0 aliphatic carbocycles. The molecule has 3 atom stereocenters. The van der Waals surface area contributed by atoms with Crippen LogP contribution in [0.15, 0.2) is 48.5 Å². The average Bonchev–Trinajstić information content (AvgIpc) is 3.15. The van der Waals surface area contributed by atoms with Gasteiger partial charge in [-0.2, -0.15) is 10.5 Å². The van der Waals surface area contributed by atoms with Crippen LogP contribution in [0.1, 0.15) is 43.7 Å². The topological polar surface area (TPSA) is 86.4 Å². The zero-order valence-electron chi connectivity index (χ0n) is 19.1. The maximum atomic E-state index is 13.1. The van der Waals surface area contributed by atoms with Crippen molar-refractivity contribution in [1.29, 1.82) is 10.5 Å². The molecule has 2 aromatic rings. The molecule has 0 unspecified atom stereocenters. The number of anilines is 1. The molecule has 6 nitrogen and oxygen atoms in total. The number of hydrogen-bond acceptors (Lipinski definition) is 6. The number of methoxy groups -OCH3 is 1. The standard InChI is InChI=1S/C27H27N3O3/c1-4-5-14-33-22-12-10-20(15-23(22)32-3)25-26(18(2)31)30-21-9-7-6-8-19(21)11-13-24(30)27(25,16-28)17-29/h6-13,15,24-26H,4-5,14H2,1-3H3/t24-,25+,26+/m0/s1. The SMILES string of the molecule is CCCCOc1ccc([C@@H]2[C@@H](C(C)=O)N3c4ccccc4C=C[C@H]3C2(C#N)C#N)cc1OC. The van der Waals surface area contributed by atoms with Gasteiger partial charge in [0.05, 0.1) is 37.9 Å². The molecule has 2 aromatic carbocycles. The molecule has 168 valence electrons. The Labute approximate surface area is 194 Å². The van der Waals surface area contributed by atoms with Gasteiger partial charge in [-0.3, -0.25) is 4.79 Å². The van der Waals surface area contributed by atoms with E-state index in [1.165, 1.54) is 6.92 Å². The molecule has 0 saturated carbocycles. The third-order valence-electron chi connectivity index (χ3n) is 6.63. The molecule has 0 bridgehead atoms. The fourth-order valence-electron chi connectivity index (χ4n) is 5.08. The first-order chi connectivity index (χ1) is 16.0. The first-order valence-corrected chi connectivity index (χ1v) is 11.2. The summed E-state index contributed by atoms with van der Waals surface area (Å²) in [7, 11) is 1.56. The largest absolute Gasteiger partial charge is 0.493 e. The number of hydrogen-bond donors (Lipinski definition) is 0. The number of carbonyl (C=O) groups excluding carboxylic acids is 1. The number of rotatable bonds is 7. The van der Waals surface area contributed by atoms with Gasteiger partial charge < -0.3 is 14.4 Å². The zero-order chi connectivity index (χ0) is 23.6. The van der Waals surface area contributed by atoms with Gasteiger partial charge in [0.25, 0.3) is 0 Å². The summed E-state index contributed by atoms with van der Waals surface area (Å²) in [5.41, 5.74) is 1.07. The molecule has 1 fully saturated rings. The minimum atomic E-state index is -1.45.